The quantitative estimate of drug-likeness (QED) is 0.815. The molecule has 2 aromatic rings. The van der Waals surface area contributed by atoms with Gasteiger partial charge in [-0.2, -0.15) is 0 Å². The molecule has 0 radical (unpaired) electrons. The summed E-state index contributed by atoms with van der Waals surface area (Å²) < 4.78 is 13.7. The molecule has 140 valence electrons. The minimum Gasteiger partial charge on any atom is -0.318 e. The zero-order valence-corrected chi connectivity index (χ0v) is 15.5. The van der Waals surface area contributed by atoms with E-state index in [2.05, 4.69) is 23.3 Å². The van der Waals surface area contributed by atoms with Gasteiger partial charge in [0.2, 0.25) is 0 Å². The molecule has 2 unspecified atom stereocenters. The minimum absolute atomic E-state index is 0.00867. The first-order valence-electron chi connectivity index (χ1n) is 9.92. The molecule has 1 aromatic carbocycles. The minimum atomic E-state index is -0.341. The van der Waals surface area contributed by atoms with Gasteiger partial charge in [-0.15, -0.1) is 0 Å². The Hall–Kier alpha value is -2.43. The summed E-state index contributed by atoms with van der Waals surface area (Å²) in [6.07, 6.45) is 8.58. The highest BCUT2D eigenvalue weighted by molar-refractivity contribution is 5.91. The lowest BCUT2D eigenvalue weighted by molar-refractivity contribution is -0.00600. The molecule has 27 heavy (non-hydrogen) atoms. The van der Waals surface area contributed by atoms with Crippen LogP contribution in [0, 0.1) is 11.7 Å². The van der Waals surface area contributed by atoms with E-state index in [1.54, 1.807) is 6.20 Å². The molecule has 2 saturated heterocycles. The number of amides is 2. The number of aromatic nitrogens is 1. The maximum atomic E-state index is 13.7. The summed E-state index contributed by atoms with van der Waals surface area (Å²) in [6.45, 7) is 2.27. The zero-order chi connectivity index (χ0) is 18.5. The Labute approximate surface area is 158 Å². The predicted molar refractivity (Wildman–Crippen MR) is 103 cm³/mol. The molecule has 2 atom stereocenters. The first-order chi connectivity index (χ1) is 13.1. The Bertz CT molecular complexity index is 883. The number of anilines is 1. The van der Waals surface area contributed by atoms with Gasteiger partial charge in [-0.05, 0) is 73.3 Å². The van der Waals surface area contributed by atoms with Gasteiger partial charge in [-0.25, -0.2) is 9.18 Å². The molecular weight excluding hydrogens is 341 g/mol. The highest BCUT2D eigenvalue weighted by Gasteiger charge is 2.46. The smallest absolute Gasteiger partial charge is 0.318 e. The van der Waals surface area contributed by atoms with Crippen molar-refractivity contribution in [1.82, 2.24) is 9.88 Å². The fourth-order valence-corrected chi connectivity index (χ4v) is 4.86. The number of carbonyl (C=O) groups excluding carboxylic acids is 1. The van der Waals surface area contributed by atoms with E-state index < -0.39 is 0 Å². The van der Waals surface area contributed by atoms with E-state index in [9.17, 15) is 9.18 Å². The van der Waals surface area contributed by atoms with Gasteiger partial charge in [0.1, 0.15) is 5.82 Å². The van der Waals surface area contributed by atoms with Crippen LogP contribution >= 0.6 is 0 Å². The fraction of sp³-hybridized carbons (Fsp3) is 0.455. The van der Waals surface area contributed by atoms with E-state index in [-0.39, 0.29) is 11.8 Å². The molecule has 3 heterocycles. The van der Waals surface area contributed by atoms with Crippen LogP contribution in [0.2, 0.25) is 0 Å². The van der Waals surface area contributed by atoms with Gasteiger partial charge in [0.25, 0.3) is 0 Å². The van der Waals surface area contributed by atoms with Crippen molar-refractivity contribution in [2.75, 3.05) is 5.32 Å². The first-order valence-corrected chi connectivity index (χ1v) is 9.92. The number of hydrogen-bond acceptors (Lipinski definition) is 2. The van der Waals surface area contributed by atoms with Crippen LogP contribution in [0.15, 0.2) is 36.7 Å². The van der Waals surface area contributed by atoms with E-state index in [0.717, 1.165) is 48.9 Å². The van der Waals surface area contributed by atoms with Crippen molar-refractivity contribution in [3.63, 3.8) is 0 Å². The van der Waals surface area contributed by atoms with Crippen LogP contribution in [0.5, 0.6) is 0 Å². The van der Waals surface area contributed by atoms with Crippen LogP contribution < -0.4 is 5.32 Å². The average molecular weight is 365 g/mol. The lowest BCUT2D eigenvalue weighted by Crippen LogP contribution is -2.63. The van der Waals surface area contributed by atoms with Gasteiger partial charge in [-0.1, -0.05) is 13.0 Å². The van der Waals surface area contributed by atoms with Crippen LogP contribution in [0.1, 0.15) is 50.5 Å². The number of nitrogens with one attached hydrogen (secondary N) is 1. The van der Waals surface area contributed by atoms with Crippen molar-refractivity contribution >= 4 is 11.7 Å². The van der Waals surface area contributed by atoms with Gasteiger partial charge in [0, 0.05) is 29.5 Å². The average Bonchev–Trinajstić information content (AvgIpc) is 3.46. The number of pyridine rings is 1. The summed E-state index contributed by atoms with van der Waals surface area (Å²) in [6, 6.07) is 8.30. The molecule has 1 aromatic heterocycles. The summed E-state index contributed by atoms with van der Waals surface area (Å²) in [4.78, 5) is 18.8. The lowest BCUT2D eigenvalue weighted by atomic mass is 9.74. The van der Waals surface area contributed by atoms with Gasteiger partial charge >= 0.3 is 6.03 Å². The Balaban J connectivity index is 1.40. The van der Waals surface area contributed by atoms with Crippen LogP contribution in [0.4, 0.5) is 14.9 Å². The van der Waals surface area contributed by atoms with Gasteiger partial charge < -0.3 is 10.2 Å². The Morgan fingerprint density at radius 1 is 1.15 bits per heavy atom. The molecule has 4 aliphatic rings. The number of rotatable bonds is 3. The van der Waals surface area contributed by atoms with Crippen molar-refractivity contribution in [2.24, 2.45) is 5.92 Å². The van der Waals surface area contributed by atoms with E-state index in [4.69, 9.17) is 0 Å². The summed E-state index contributed by atoms with van der Waals surface area (Å²) in [5.41, 5.74) is 3.72. The van der Waals surface area contributed by atoms with Crippen LogP contribution in [0.25, 0.3) is 11.1 Å². The third-order valence-electron chi connectivity index (χ3n) is 6.25. The van der Waals surface area contributed by atoms with E-state index in [0.29, 0.717) is 23.9 Å². The maximum Gasteiger partial charge on any atom is 0.322 e. The topological polar surface area (TPSA) is 45.2 Å². The number of carbonyl (C=O) groups is 1. The van der Waals surface area contributed by atoms with Gasteiger partial charge in [0.05, 0.1) is 6.20 Å². The number of halogens is 1. The summed E-state index contributed by atoms with van der Waals surface area (Å²) in [7, 11) is 0. The van der Waals surface area contributed by atoms with Gasteiger partial charge in [-0.3, -0.25) is 4.98 Å². The molecule has 1 N–H and O–H groups in total. The van der Waals surface area contributed by atoms with Gasteiger partial charge in [0.15, 0.2) is 0 Å². The highest BCUT2D eigenvalue weighted by Crippen LogP contribution is 2.45. The van der Waals surface area contributed by atoms with Crippen molar-refractivity contribution in [1.29, 1.82) is 0 Å². The number of benzene rings is 1. The Morgan fingerprint density at radius 2 is 1.93 bits per heavy atom. The van der Waals surface area contributed by atoms with Crippen LogP contribution in [-0.2, 0) is 0 Å². The van der Waals surface area contributed by atoms with Crippen molar-refractivity contribution in [3.05, 3.63) is 48.0 Å². The molecule has 6 rings (SSSR count). The van der Waals surface area contributed by atoms with Crippen molar-refractivity contribution in [3.8, 4) is 11.1 Å². The number of nitrogens with zero attached hydrogens (tertiary/aromatic N) is 2. The highest BCUT2D eigenvalue weighted by atomic mass is 19.1. The number of fused-ring (bicyclic) bond motifs is 2. The molecule has 2 amide bonds. The predicted octanol–water partition coefficient (Wildman–Crippen LogP) is 5.17. The third-order valence-corrected chi connectivity index (χ3v) is 6.25. The molecule has 5 heteroatoms. The standard InChI is InChI=1S/C22H24FN3O/c1-13-6-18-10-19(7-13)26(18)22(27)25-17-4-5-20(14-2-3-14)21(9-17)15-8-16(23)12-24-11-15/h4-5,8-9,11-14,18-19H,2-3,6-7,10H2,1H3,(H,25,27). The maximum absolute atomic E-state index is 13.7. The molecule has 2 bridgehead atoms. The van der Waals surface area contributed by atoms with E-state index in [1.807, 2.05) is 17.0 Å². The molecule has 4 fully saturated rings. The molecule has 4 nitrogen and oxygen atoms in total. The van der Waals surface area contributed by atoms with Crippen LogP contribution in [0.3, 0.4) is 0 Å². The van der Waals surface area contributed by atoms with Crippen molar-refractivity contribution in [2.45, 2.75) is 57.0 Å². The van der Waals surface area contributed by atoms with E-state index >= 15 is 0 Å². The summed E-state index contributed by atoms with van der Waals surface area (Å²) in [5.74, 6) is 0.901. The van der Waals surface area contributed by atoms with Crippen LogP contribution in [-0.4, -0.2) is 28.0 Å². The number of hydrogen-bond donors (Lipinski definition) is 1. The third kappa shape index (κ3) is 3.09. The molecule has 2 aliphatic carbocycles. The van der Waals surface area contributed by atoms with Crippen molar-refractivity contribution < 1.29 is 9.18 Å². The Kier molecular flexibility index (Phi) is 3.92. The molecular formula is C22H24FN3O. The SMILES string of the molecule is CC1CC2CC(C1)N2C(=O)Nc1ccc(C2CC2)c(-c2cncc(F)c2)c1. The second-order valence-electron chi connectivity index (χ2n) is 8.43. The monoisotopic (exact) mass is 365 g/mol. The fourth-order valence-electron chi connectivity index (χ4n) is 4.86. The molecule has 2 aliphatic heterocycles. The summed E-state index contributed by atoms with van der Waals surface area (Å²) in [5, 5.41) is 3.07. The lowest BCUT2D eigenvalue weighted by Gasteiger charge is -2.54. The Morgan fingerprint density at radius 3 is 2.63 bits per heavy atom. The second kappa shape index (κ2) is 6.32. The second-order valence-corrected chi connectivity index (χ2v) is 8.43. The molecule has 2 saturated carbocycles. The van der Waals surface area contributed by atoms with E-state index in [1.165, 1.54) is 17.8 Å². The number of piperidine rings is 1. The zero-order valence-electron chi connectivity index (χ0n) is 15.5. The number of urea groups is 1. The normalized spacial score (nSPS) is 26.4. The largest absolute Gasteiger partial charge is 0.322 e. The first kappa shape index (κ1) is 16.7. The summed E-state index contributed by atoms with van der Waals surface area (Å²) >= 11 is 0. The molecule has 0 spiro atoms.